The van der Waals surface area contributed by atoms with Crippen LogP contribution in [0.25, 0.3) is 10.9 Å². The van der Waals surface area contributed by atoms with Crippen molar-refractivity contribution in [1.29, 1.82) is 0 Å². The van der Waals surface area contributed by atoms with Crippen molar-refractivity contribution in [2.45, 2.75) is 25.8 Å². The van der Waals surface area contributed by atoms with Gasteiger partial charge >= 0.3 is 0 Å². The fourth-order valence-electron chi connectivity index (χ4n) is 2.55. The Morgan fingerprint density at radius 1 is 1.33 bits per heavy atom. The smallest absolute Gasteiger partial charge is 0.261 e. The Balaban J connectivity index is 1.98. The predicted octanol–water partition coefficient (Wildman–Crippen LogP) is 1.53. The van der Waals surface area contributed by atoms with Crippen LogP contribution in [0, 0.1) is 5.41 Å². The number of benzene rings is 1. The summed E-state index contributed by atoms with van der Waals surface area (Å²) in [5.74, 6) is 0. The molecule has 1 aliphatic carbocycles. The summed E-state index contributed by atoms with van der Waals surface area (Å²) in [6.45, 7) is 1.44. The van der Waals surface area contributed by atoms with E-state index in [4.69, 9.17) is 5.73 Å². The van der Waals surface area contributed by atoms with Crippen LogP contribution in [0.3, 0.4) is 0 Å². The molecule has 0 saturated heterocycles. The van der Waals surface area contributed by atoms with Crippen LogP contribution < -0.4 is 11.3 Å². The highest BCUT2D eigenvalue weighted by Gasteiger charge is 2.42. The van der Waals surface area contributed by atoms with E-state index in [2.05, 4.69) is 4.98 Å². The second kappa shape index (κ2) is 4.21. The molecule has 0 bridgehead atoms. The first kappa shape index (κ1) is 11.4. The largest absolute Gasteiger partial charge is 0.330 e. The average molecular weight is 243 g/mol. The summed E-state index contributed by atoms with van der Waals surface area (Å²) in [4.78, 5) is 16.7. The Hall–Kier alpha value is -1.68. The first-order valence-electron chi connectivity index (χ1n) is 6.38. The van der Waals surface area contributed by atoms with E-state index in [1.807, 2.05) is 24.3 Å². The topological polar surface area (TPSA) is 60.9 Å². The van der Waals surface area contributed by atoms with Gasteiger partial charge in [-0.2, -0.15) is 0 Å². The third-order valence-electron chi connectivity index (χ3n) is 3.87. The van der Waals surface area contributed by atoms with Gasteiger partial charge in [0.15, 0.2) is 0 Å². The molecule has 1 fully saturated rings. The lowest BCUT2D eigenvalue weighted by atomic mass is 10.0. The molecule has 1 saturated carbocycles. The van der Waals surface area contributed by atoms with Crippen LogP contribution in [-0.4, -0.2) is 16.1 Å². The van der Waals surface area contributed by atoms with Gasteiger partial charge in [-0.1, -0.05) is 12.1 Å². The Morgan fingerprint density at radius 2 is 2.11 bits per heavy atom. The minimum absolute atomic E-state index is 0.0592. The molecule has 4 heteroatoms. The fraction of sp³-hybridized carbons (Fsp3) is 0.429. The van der Waals surface area contributed by atoms with E-state index < -0.39 is 0 Å². The number of fused-ring (bicyclic) bond motifs is 1. The molecule has 2 aromatic rings. The number of nitrogens with zero attached hydrogens (tertiary/aromatic N) is 2. The van der Waals surface area contributed by atoms with Crippen molar-refractivity contribution in [2.75, 3.05) is 6.54 Å². The zero-order valence-electron chi connectivity index (χ0n) is 10.3. The van der Waals surface area contributed by atoms with Crippen molar-refractivity contribution in [3.05, 3.63) is 40.9 Å². The maximum absolute atomic E-state index is 12.3. The molecule has 0 spiro atoms. The Labute approximate surface area is 105 Å². The van der Waals surface area contributed by atoms with Crippen LogP contribution in [0.2, 0.25) is 0 Å². The number of nitrogens with two attached hydrogens (primary N) is 1. The minimum atomic E-state index is 0.0592. The Morgan fingerprint density at radius 3 is 2.83 bits per heavy atom. The van der Waals surface area contributed by atoms with Crippen LogP contribution >= 0.6 is 0 Å². The van der Waals surface area contributed by atoms with Crippen LogP contribution in [0.5, 0.6) is 0 Å². The SMILES string of the molecule is NCCC1(Cn2cnc3ccccc3c2=O)CC1. The molecule has 18 heavy (non-hydrogen) atoms. The van der Waals surface area contributed by atoms with E-state index in [1.165, 1.54) is 12.8 Å². The highest BCUT2D eigenvalue weighted by atomic mass is 16.1. The molecule has 3 rings (SSSR count). The summed E-state index contributed by atoms with van der Waals surface area (Å²) in [5.41, 5.74) is 6.71. The molecule has 0 aliphatic heterocycles. The lowest BCUT2D eigenvalue weighted by Gasteiger charge is -2.15. The van der Waals surface area contributed by atoms with Crippen molar-refractivity contribution in [1.82, 2.24) is 9.55 Å². The van der Waals surface area contributed by atoms with Gasteiger partial charge in [0.25, 0.3) is 5.56 Å². The second-order valence-electron chi connectivity index (χ2n) is 5.23. The van der Waals surface area contributed by atoms with Gasteiger partial charge in [-0.25, -0.2) is 4.98 Å². The van der Waals surface area contributed by atoms with Crippen LogP contribution in [0.15, 0.2) is 35.4 Å². The van der Waals surface area contributed by atoms with E-state index in [9.17, 15) is 4.79 Å². The Kier molecular flexibility index (Phi) is 2.67. The van der Waals surface area contributed by atoms with E-state index in [1.54, 1.807) is 10.9 Å². The lowest BCUT2D eigenvalue weighted by Crippen LogP contribution is -2.26. The molecular formula is C14H17N3O. The van der Waals surface area contributed by atoms with Crippen molar-refractivity contribution < 1.29 is 0 Å². The Bertz CT molecular complexity index is 628. The first-order chi connectivity index (χ1) is 8.74. The molecule has 1 aliphatic rings. The average Bonchev–Trinajstić information content (AvgIpc) is 3.14. The van der Waals surface area contributed by atoms with Crippen LogP contribution in [0.4, 0.5) is 0 Å². The quantitative estimate of drug-likeness (QED) is 0.885. The molecule has 1 aromatic heterocycles. The predicted molar refractivity (Wildman–Crippen MR) is 71.3 cm³/mol. The molecule has 0 atom stereocenters. The van der Waals surface area contributed by atoms with Crippen molar-refractivity contribution in [3.8, 4) is 0 Å². The summed E-state index contributed by atoms with van der Waals surface area (Å²) in [6, 6.07) is 7.48. The number of hydrogen-bond acceptors (Lipinski definition) is 3. The van der Waals surface area contributed by atoms with Crippen molar-refractivity contribution in [2.24, 2.45) is 11.1 Å². The summed E-state index contributed by atoms with van der Waals surface area (Å²) in [6.07, 6.45) is 5.00. The van der Waals surface area contributed by atoms with Gasteiger partial charge in [0.1, 0.15) is 0 Å². The monoisotopic (exact) mass is 243 g/mol. The van der Waals surface area contributed by atoms with Gasteiger partial charge in [0.2, 0.25) is 0 Å². The summed E-state index contributed by atoms with van der Waals surface area (Å²) in [7, 11) is 0. The second-order valence-corrected chi connectivity index (χ2v) is 5.23. The maximum atomic E-state index is 12.3. The number of para-hydroxylation sites is 1. The fourth-order valence-corrected chi connectivity index (χ4v) is 2.55. The molecule has 4 nitrogen and oxygen atoms in total. The zero-order valence-corrected chi connectivity index (χ0v) is 10.3. The van der Waals surface area contributed by atoms with Crippen molar-refractivity contribution in [3.63, 3.8) is 0 Å². The van der Waals surface area contributed by atoms with Crippen LogP contribution in [0.1, 0.15) is 19.3 Å². The number of rotatable bonds is 4. The molecule has 0 unspecified atom stereocenters. The molecule has 0 radical (unpaired) electrons. The van der Waals surface area contributed by atoms with Gasteiger partial charge in [-0.05, 0) is 43.4 Å². The molecule has 1 aromatic carbocycles. The summed E-state index contributed by atoms with van der Waals surface area (Å²) >= 11 is 0. The first-order valence-corrected chi connectivity index (χ1v) is 6.38. The molecule has 2 N–H and O–H groups in total. The minimum Gasteiger partial charge on any atom is -0.330 e. The third-order valence-corrected chi connectivity index (χ3v) is 3.87. The van der Waals surface area contributed by atoms with Gasteiger partial charge in [-0.15, -0.1) is 0 Å². The molecule has 94 valence electrons. The number of aromatic nitrogens is 2. The molecular weight excluding hydrogens is 226 g/mol. The van der Waals surface area contributed by atoms with E-state index in [0.717, 1.165) is 18.5 Å². The lowest BCUT2D eigenvalue weighted by molar-refractivity contribution is 0.390. The zero-order chi connectivity index (χ0) is 12.6. The van der Waals surface area contributed by atoms with E-state index >= 15 is 0 Å². The maximum Gasteiger partial charge on any atom is 0.261 e. The highest BCUT2D eigenvalue weighted by Crippen LogP contribution is 2.49. The highest BCUT2D eigenvalue weighted by molar-refractivity contribution is 5.76. The molecule has 0 amide bonds. The third kappa shape index (κ3) is 1.93. The van der Waals surface area contributed by atoms with Crippen LogP contribution in [-0.2, 0) is 6.54 Å². The summed E-state index contributed by atoms with van der Waals surface area (Å²) < 4.78 is 1.74. The normalized spacial score (nSPS) is 16.9. The molecule has 1 heterocycles. The standard InChI is InChI=1S/C14H17N3O/c15-8-7-14(5-6-14)9-17-10-16-12-4-2-1-3-11(12)13(17)18/h1-4,10H,5-9,15H2. The van der Waals surface area contributed by atoms with Gasteiger partial charge in [0, 0.05) is 6.54 Å². The van der Waals surface area contributed by atoms with Gasteiger partial charge in [-0.3, -0.25) is 9.36 Å². The van der Waals surface area contributed by atoms with Gasteiger partial charge in [0.05, 0.1) is 17.2 Å². The number of hydrogen-bond donors (Lipinski definition) is 1. The summed E-state index contributed by atoms with van der Waals surface area (Å²) in [5, 5.41) is 0.698. The van der Waals surface area contributed by atoms with Crippen molar-refractivity contribution >= 4 is 10.9 Å². The van der Waals surface area contributed by atoms with E-state index in [0.29, 0.717) is 11.9 Å². The van der Waals surface area contributed by atoms with Gasteiger partial charge < -0.3 is 5.73 Å². The van der Waals surface area contributed by atoms with E-state index in [-0.39, 0.29) is 11.0 Å².